The molecule has 2 heterocycles. The first kappa shape index (κ1) is 17.7. The van der Waals surface area contributed by atoms with Crippen LogP contribution < -0.4 is 0 Å². The zero-order valence-electron chi connectivity index (χ0n) is 14.1. The number of nitrogens with zero attached hydrogens (tertiary/aromatic N) is 2. The molecule has 4 nitrogen and oxygen atoms in total. The van der Waals surface area contributed by atoms with Gasteiger partial charge in [0.15, 0.2) is 0 Å². The van der Waals surface area contributed by atoms with Crippen LogP contribution in [0.4, 0.5) is 4.39 Å². The van der Waals surface area contributed by atoms with Gasteiger partial charge in [-0.05, 0) is 29.8 Å². The predicted octanol–water partition coefficient (Wildman–Crippen LogP) is 5.36. The topological polar surface area (TPSA) is 60.2 Å². The van der Waals surface area contributed by atoms with Crippen LogP contribution in [0.5, 0.6) is 0 Å². The van der Waals surface area contributed by atoms with Crippen LogP contribution >= 0.6 is 22.9 Å². The maximum Gasteiger partial charge on any atom is 0.135 e. The highest BCUT2D eigenvalue weighted by atomic mass is 35.5. The predicted molar refractivity (Wildman–Crippen MR) is 107 cm³/mol. The molecule has 0 atom stereocenters. The van der Waals surface area contributed by atoms with Crippen LogP contribution in [0.1, 0.15) is 10.6 Å². The van der Waals surface area contributed by atoms with Crippen molar-refractivity contribution in [1.29, 1.82) is 5.41 Å². The molecule has 1 aromatic heterocycles. The Morgan fingerprint density at radius 3 is 2.56 bits per heavy atom. The third-order valence-corrected chi connectivity index (χ3v) is 5.44. The molecule has 1 aliphatic rings. The summed E-state index contributed by atoms with van der Waals surface area (Å²) in [7, 11) is 0. The van der Waals surface area contributed by atoms with Gasteiger partial charge in [0.1, 0.15) is 22.4 Å². The van der Waals surface area contributed by atoms with Gasteiger partial charge in [0.05, 0.1) is 17.8 Å². The largest absolute Gasteiger partial charge is 0.510 e. The fourth-order valence-electron chi connectivity index (χ4n) is 2.95. The van der Waals surface area contributed by atoms with Gasteiger partial charge in [-0.15, -0.1) is 11.3 Å². The lowest BCUT2D eigenvalue weighted by Crippen LogP contribution is -2.26. The lowest BCUT2D eigenvalue weighted by Gasteiger charge is -2.18. The van der Waals surface area contributed by atoms with Crippen LogP contribution in [-0.4, -0.2) is 27.4 Å². The number of hydrogen-bond donors (Lipinski definition) is 2. The lowest BCUT2D eigenvalue weighted by molar-refractivity contribution is 0.347. The zero-order chi connectivity index (χ0) is 19.0. The molecule has 0 amide bonds. The Hall–Kier alpha value is -2.70. The molecule has 0 aliphatic carbocycles. The van der Waals surface area contributed by atoms with Crippen LogP contribution in [0, 0.1) is 11.2 Å². The Balaban J connectivity index is 1.55. The van der Waals surface area contributed by atoms with E-state index < -0.39 is 0 Å². The van der Waals surface area contributed by atoms with E-state index in [2.05, 4.69) is 4.98 Å². The molecule has 2 N–H and O–H groups in total. The molecule has 0 radical (unpaired) electrons. The van der Waals surface area contributed by atoms with Crippen molar-refractivity contribution in [2.45, 2.75) is 6.54 Å². The second kappa shape index (κ2) is 7.13. The van der Waals surface area contributed by atoms with Gasteiger partial charge in [0.25, 0.3) is 0 Å². The Bertz CT molecular complexity index is 1030. The first-order chi connectivity index (χ1) is 13.0. The van der Waals surface area contributed by atoms with Crippen molar-refractivity contribution >= 4 is 34.3 Å². The minimum absolute atomic E-state index is 0.124. The van der Waals surface area contributed by atoms with Crippen LogP contribution in [-0.2, 0) is 6.54 Å². The Morgan fingerprint density at radius 1 is 1.15 bits per heavy atom. The van der Waals surface area contributed by atoms with E-state index in [4.69, 9.17) is 17.0 Å². The fraction of sp³-hybridized carbons (Fsp3) is 0.100. The maximum absolute atomic E-state index is 13.1. The van der Waals surface area contributed by atoms with Crippen molar-refractivity contribution in [3.63, 3.8) is 0 Å². The van der Waals surface area contributed by atoms with E-state index in [0.717, 1.165) is 16.8 Å². The highest BCUT2D eigenvalue weighted by Crippen LogP contribution is 2.33. The number of hydrogen-bond acceptors (Lipinski definition) is 4. The molecule has 0 bridgehead atoms. The molecule has 4 rings (SSSR count). The number of thiazole rings is 1. The van der Waals surface area contributed by atoms with Gasteiger partial charge < -0.3 is 10.0 Å². The molecule has 3 aromatic rings. The normalized spacial score (nSPS) is 14.3. The zero-order valence-corrected chi connectivity index (χ0v) is 15.7. The molecule has 136 valence electrons. The molecule has 7 heteroatoms. The summed E-state index contributed by atoms with van der Waals surface area (Å²) in [4.78, 5) is 6.32. The van der Waals surface area contributed by atoms with Gasteiger partial charge in [-0.1, -0.05) is 35.9 Å². The van der Waals surface area contributed by atoms with Crippen molar-refractivity contribution in [1.82, 2.24) is 9.88 Å². The number of benzene rings is 2. The summed E-state index contributed by atoms with van der Waals surface area (Å²) in [5, 5.41) is 22.0. The van der Waals surface area contributed by atoms with Crippen LogP contribution in [0.25, 0.3) is 16.8 Å². The van der Waals surface area contributed by atoms with Gasteiger partial charge >= 0.3 is 0 Å². The summed E-state index contributed by atoms with van der Waals surface area (Å²) < 4.78 is 13.1. The number of aliphatic hydroxyl groups excluding tert-OH is 1. The third kappa shape index (κ3) is 3.59. The smallest absolute Gasteiger partial charge is 0.135 e. The van der Waals surface area contributed by atoms with Crippen molar-refractivity contribution in [2.75, 3.05) is 6.54 Å². The monoisotopic (exact) mass is 399 g/mol. The minimum atomic E-state index is -0.297. The molecule has 0 unspecified atom stereocenters. The van der Waals surface area contributed by atoms with E-state index >= 15 is 0 Å². The van der Waals surface area contributed by atoms with Crippen LogP contribution in [0.2, 0.25) is 5.02 Å². The van der Waals surface area contributed by atoms with Gasteiger partial charge in [-0.25, -0.2) is 9.37 Å². The molecule has 2 aromatic carbocycles. The maximum atomic E-state index is 13.1. The fourth-order valence-corrected chi connectivity index (χ4v) is 3.97. The second-order valence-electron chi connectivity index (χ2n) is 6.20. The van der Waals surface area contributed by atoms with E-state index in [9.17, 15) is 9.50 Å². The van der Waals surface area contributed by atoms with E-state index in [1.54, 1.807) is 29.2 Å². The van der Waals surface area contributed by atoms with Crippen molar-refractivity contribution in [3.05, 3.63) is 81.1 Å². The van der Waals surface area contributed by atoms with Gasteiger partial charge in [0, 0.05) is 22.5 Å². The summed E-state index contributed by atoms with van der Waals surface area (Å²) in [6, 6.07) is 13.5. The second-order valence-corrected chi connectivity index (χ2v) is 7.49. The molecule has 0 spiro atoms. The van der Waals surface area contributed by atoms with E-state index in [1.165, 1.54) is 23.5 Å². The van der Waals surface area contributed by atoms with E-state index in [1.807, 2.05) is 17.5 Å². The van der Waals surface area contributed by atoms with Crippen LogP contribution in [0.15, 0.2) is 59.7 Å². The first-order valence-electron chi connectivity index (χ1n) is 8.23. The Morgan fingerprint density at radius 2 is 1.85 bits per heavy atom. The number of rotatable bonds is 4. The average Bonchev–Trinajstić information content (AvgIpc) is 3.22. The standard InChI is InChI=1S/C20H15ClFN3OS/c21-14-5-3-13(4-6-14)16-11-27-20(24-16)18-17(26)10-25(19(18)23)9-12-1-7-15(22)8-2-12/h1-8,11,23,26H,9-10H2. The molecule has 0 saturated heterocycles. The van der Waals surface area contributed by atoms with Crippen molar-refractivity contribution in [3.8, 4) is 11.3 Å². The van der Waals surface area contributed by atoms with E-state index in [-0.39, 0.29) is 24.0 Å². The summed E-state index contributed by atoms with van der Waals surface area (Å²) in [6.07, 6.45) is 0. The summed E-state index contributed by atoms with van der Waals surface area (Å²) in [5.74, 6) is 0.0439. The molecule has 1 aliphatic heterocycles. The number of aliphatic hydroxyl groups is 1. The van der Waals surface area contributed by atoms with E-state index in [0.29, 0.717) is 22.1 Å². The molecular formula is C20H15ClFN3OS. The van der Waals surface area contributed by atoms with Crippen molar-refractivity contribution < 1.29 is 9.50 Å². The SMILES string of the molecule is N=C1C(c2nc(-c3ccc(Cl)cc3)cs2)=C(O)CN1Cc1ccc(F)cc1. The number of nitrogens with one attached hydrogen (secondary N) is 1. The summed E-state index contributed by atoms with van der Waals surface area (Å²) >= 11 is 7.31. The number of aromatic nitrogens is 1. The number of amidine groups is 1. The lowest BCUT2D eigenvalue weighted by atomic mass is 10.2. The molecule has 27 heavy (non-hydrogen) atoms. The van der Waals surface area contributed by atoms with Crippen molar-refractivity contribution in [2.24, 2.45) is 0 Å². The van der Waals surface area contributed by atoms with Gasteiger partial charge in [-0.2, -0.15) is 0 Å². The quantitative estimate of drug-likeness (QED) is 0.620. The first-order valence-corrected chi connectivity index (χ1v) is 9.49. The minimum Gasteiger partial charge on any atom is -0.510 e. The molecule has 0 fully saturated rings. The van der Waals surface area contributed by atoms with Gasteiger partial charge in [0.2, 0.25) is 0 Å². The van der Waals surface area contributed by atoms with Crippen LogP contribution in [0.3, 0.4) is 0 Å². The van der Waals surface area contributed by atoms with Gasteiger partial charge in [-0.3, -0.25) is 5.41 Å². The third-order valence-electron chi connectivity index (χ3n) is 4.33. The molecule has 0 saturated carbocycles. The summed E-state index contributed by atoms with van der Waals surface area (Å²) in [6.45, 7) is 0.656. The highest BCUT2D eigenvalue weighted by Gasteiger charge is 2.30. The number of halogens is 2. The Kier molecular flexibility index (Phi) is 4.68. The summed E-state index contributed by atoms with van der Waals surface area (Å²) in [5.41, 5.74) is 3.02. The highest BCUT2D eigenvalue weighted by molar-refractivity contribution is 7.11. The Labute approximate surface area is 164 Å². The average molecular weight is 400 g/mol. The molecular weight excluding hydrogens is 385 g/mol.